The minimum absolute atomic E-state index is 0.119. The minimum Gasteiger partial charge on any atom is -0.358 e. The molecule has 0 saturated heterocycles. The number of hydrogen-bond acceptors (Lipinski definition) is 2. The molecule has 0 fully saturated rings. The first-order chi connectivity index (χ1) is 6.24. The molecule has 0 atom stereocenters. The predicted molar refractivity (Wildman–Crippen MR) is 55.3 cm³/mol. The Labute approximate surface area is 78.5 Å². The molecule has 0 bridgehead atoms. The fraction of sp³-hybridized carbons (Fsp3) is 0.444. The zero-order valence-corrected chi connectivity index (χ0v) is 8.08. The Bertz CT molecular complexity index is 231. The Kier molecular flexibility index (Phi) is 6.41. The number of likely N-dealkylation sites (N-methyl/N-ethyl adjacent to an activating group) is 1. The van der Waals surface area contributed by atoms with E-state index in [0.29, 0.717) is 0 Å². The maximum Gasteiger partial charge on any atom is 0.241 e. The second kappa shape index (κ2) is 7.21. The summed E-state index contributed by atoms with van der Waals surface area (Å²) in [6, 6.07) is 0. The van der Waals surface area contributed by atoms with Gasteiger partial charge >= 0.3 is 0 Å². The van der Waals surface area contributed by atoms with Crippen LogP contribution in [0.25, 0.3) is 0 Å². The summed E-state index contributed by atoms with van der Waals surface area (Å²) in [6.45, 7) is 5.69. The van der Waals surface area contributed by atoms with Crippen LogP contribution in [0.15, 0.2) is 22.6 Å². The molecule has 0 aromatic rings. The fourth-order valence-corrected chi connectivity index (χ4v) is 0.606. The number of rotatable bonds is 5. The van der Waals surface area contributed by atoms with Crippen molar-refractivity contribution in [2.45, 2.75) is 13.3 Å². The molecule has 0 aromatic carbocycles. The first-order valence-electron chi connectivity index (χ1n) is 4.12. The summed E-state index contributed by atoms with van der Waals surface area (Å²) < 4.78 is 0. The van der Waals surface area contributed by atoms with Crippen molar-refractivity contribution in [3.63, 3.8) is 0 Å². The summed E-state index contributed by atoms with van der Waals surface area (Å²) in [5, 5.41) is 2.46. The lowest BCUT2D eigenvalue weighted by Crippen LogP contribution is -2.20. The van der Waals surface area contributed by atoms with Crippen molar-refractivity contribution in [3.05, 3.63) is 12.7 Å². The number of aliphatic imine (C=N–C) groups is 2. The summed E-state index contributed by atoms with van der Waals surface area (Å²) in [5.74, 6) is -0.122. The molecule has 0 radical (unpaired) electrons. The number of amides is 1. The van der Waals surface area contributed by atoms with Crippen molar-refractivity contribution in [2.75, 3.05) is 13.6 Å². The van der Waals surface area contributed by atoms with Gasteiger partial charge in [0.05, 0.1) is 0 Å². The molecule has 4 heteroatoms. The zero-order valence-electron chi connectivity index (χ0n) is 8.08. The predicted octanol–water partition coefficient (Wildman–Crippen LogP) is 0.798. The average Bonchev–Trinajstić information content (AvgIpc) is 2.18. The quantitative estimate of drug-likeness (QED) is 0.495. The van der Waals surface area contributed by atoms with Gasteiger partial charge in [0.1, 0.15) is 12.9 Å². The van der Waals surface area contributed by atoms with E-state index in [1.807, 2.05) is 6.92 Å². The van der Waals surface area contributed by atoms with Gasteiger partial charge in [-0.25, -0.2) is 4.99 Å². The van der Waals surface area contributed by atoms with E-state index in [0.717, 1.165) is 12.1 Å². The van der Waals surface area contributed by atoms with Crippen LogP contribution < -0.4 is 5.32 Å². The Morgan fingerprint density at radius 3 is 2.77 bits per heavy atom. The third kappa shape index (κ3) is 5.78. The second-order valence-corrected chi connectivity index (χ2v) is 2.31. The number of carbonyl (C=O) groups excluding carboxylic acids is 1. The van der Waals surface area contributed by atoms with Crippen LogP contribution in [0.4, 0.5) is 0 Å². The monoisotopic (exact) mass is 181 g/mol. The van der Waals surface area contributed by atoms with Crippen LogP contribution in [0.2, 0.25) is 0 Å². The first kappa shape index (κ1) is 11.6. The summed E-state index contributed by atoms with van der Waals surface area (Å²) in [4.78, 5) is 18.5. The smallest absolute Gasteiger partial charge is 0.241 e. The molecule has 1 amide bonds. The largest absolute Gasteiger partial charge is 0.358 e. The van der Waals surface area contributed by atoms with E-state index in [4.69, 9.17) is 0 Å². The fourth-order valence-electron chi connectivity index (χ4n) is 0.606. The summed E-state index contributed by atoms with van der Waals surface area (Å²) in [6.07, 6.45) is 3.87. The van der Waals surface area contributed by atoms with E-state index in [9.17, 15) is 4.79 Å². The minimum atomic E-state index is -0.122. The van der Waals surface area contributed by atoms with Gasteiger partial charge in [-0.2, -0.15) is 0 Å². The summed E-state index contributed by atoms with van der Waals surface area (Å²) in [7, 11) is 1.57. The maximum atomic E-state index is 10.7. The molecule has 0 saturated carbocycles. The number of hydrogen-bond donors (Lipinski definition) is 1. The van der Waals surface area contributed by atoms with Gasteiger partial charge < -0.3 is 5.32 Å². The molecule has 0 spiro atoms. The van der Waals surface area contributed by atoms with E-state index >= 15 is 0 Å². The molecule has 0 aliphatic heterocycles. The molecule has 0 aliphatic rings. The Hall–Kier alpha value is -1.45. The molecule has 0 unspecified atom stereocenters. The molecule has 0 aromatic heterocycles. The Morgan fingerprint density at radius 1 is 1.62 bits per heavy atom. The number of carbonyl (C=O) groups is 1. The van der Waals surface area contributed by atoms with Crippen LogP contribution in [-0.2, 0) is 4.79 Å². The first-order valence-corrected chi connectivity index (χ1v) is 4.12. The van der Waals surface area contributed by atoms with Gasteiger partial charge in [-0.15, -0.1) is 0 Å². The van der Waals surface area contributed by atoms with Gasteiger partial charge in [-0.05, 0) is 12.5 Å². The highest BCUT2D eigenvalue weighted by atomic mass is 16.1. The van der Waals surface area contributed by atoms with Crippen LogP contribution in [0, 0.1) is 0 Å². The lowest BCUT2D eigenvalue weighted by atomic mass is 10.3. The van der Waals surface area contributed by atoms with Crippen molar-refractivity contribution in [2.24, 2.45) is 9.98 Å². The van der Waals surface area contributed by atoms with Crippen LogP contribution in [0.3, 0.4) is 0 Å². The lowest BCUT2D eigenvalue weighted by molar-refractivity contribution is -0.119. The number of allylic oxidation sites excluding steroid dienone is 1. The Morgan fingerprint density at radius 2 is 2.31 bits per heavy atom. The molecular formula is C9H15N3O. The van der Waals surface area contributed by atoms with Gasteiger partial charge in [0, 0.05) is 12.8 Å². The third-order valence-electron chi connectivity index (χ3n) is 1.42. The van der Waals surface area contributed by atoms with Gasteiger partial charge in [-0.3, -0.25) is 9.79 Å². The molecule has 0 aliphatic carbocycles. The van der Waals surface area contributed by atoms with Gasteiger partial charge in [0.2, 0.25) is 5.91 Å². The highest BCUT2D eigenvalue weighted by molar-refractivity contribution is 5.98. The molecular weight excluding hydrogens is 166 g/mol. The van der Waals surface area contributed by atoms with Crippen molar-refractivity contribution < 1.29 is 4.79 Å². The molecule has 0 heterocycles. The SMILES string of the molecule is C=C/C(CC)=N/C=N\CC(=O)NC. The Balaban J connectivity index is 3.91. The standard InChI is InChI=1S/C9H15N3O/c1-4-8(5-2)12-7-11-6-9(13)10-3/h4,7H,1,5-6H2,2-3H3,(H,10,13)/b11-7-,12-8-. The van der Waals surface area contributed by atoms with E-state index in [-0.39, 0.29) is 12.5 Å². The second-order valence-electron chi connectivity index (χ2n) is 2.31. The van der Waals surface area contributed by atoms with Crippen molar-refractivity contribution in [1.29, 1.82) is 0 Å². The van der Waals surface area contributed by atoms with Gasteiger partial charge in [0.15, 0.2) is 0 Å². The summed E-state index contributed by atoms with van der Waals surface area (Å²) >= 11 is 0. The van der Waals surface area contributed by atoms with Crippen LogP contribution in [0.1, 0.15) is 13.3 Å². The van der Waals surface area contributed by atoms with E-state index in [2.05, 4.69) is 21.9 Å². The van der Waals surface area contributed by atoms with Crippen molar-refractivity contribution in [1.82, 2.24) is 5.32 Å². The highest BCUT2D eigenvalue weighted by Crippen LogP contribution is 1.85. The maximum absolute atomic E-state index is 10.7. The van der Waals surface area contributed by atoms with Crippen LogP contribution >= 0.6 is 0 Å². The number of nitrogens with zero attached hydrogens (tertiary/aromatic N) is 2. The molecule has 72 valence electrons. The molecule has 13 heavy (non-hydrogen) atoms. The van der Waals surface area contributed by atoms with E-state index < -0.39 is 0 Å². The highest BCUT2D eigenvalue weighted by Gasteiger charge is 1.91. The van der Waals surface area contributed by atoms with Crippen molar-refractivity contribution >= 4 is 18.0 Å². The lowest BCUT2D eigenvalue weighted by Gasteiger charge is -1.92. The third-order valence-corrected chi connectivity index (χ3v) is 1.42. The zero-order chi connectivity index (χ0) is 10.1. The van der Waals surface area contributed by atoms with Crippen LogP contribution in [-0.4, -0.2) is 31.5 Å². The van der Waals surface area contributed by atoms with Crippen LogP contribution in [0.5, 0.6) is 0 Å². The van der Waals surface area contributed by atoms with Gasteiger partial charge in [0.25, 0.3) is 0 Å². The summed E-state index contributed by atoms with van der Waals surface area (Å²) in [5.41, 5.74) is 0.862. The van der Waals surface area contributed by atoms with Gasteiger partial charge in [-0.1, -0.05) is 13.5 Å². The number of nitrogens with one attached hydrogen (secondary N) is 1. The molecule has 1 N–H and O–H groups in total. The van der Waals surface area contributed by atoms with E-state index in [1.54, 1.807) is 13.1 Å². The van der Waals surface area contributed by atoms with E-state index in [1.165, 1.54) is 6.34 Å². The molecule has 0 rings (SSSR count). The average molecular weight is 181 g/mol. The van der Waals surface area contributed by atoms with Crippen molar-refractivity contribution in [3.8, 4) is 0 Å². The molecule has 4 nitrogen and oxygen atoms in total. The topological polar surface area (TPSA) is 53.8 Å². The normalized spacial score (nSPS) is 11.7.